The first kappa shape index (κ1) is 18.4. The van der Waals surface area contributed by atoms with E-state index in [0.717, 1.165) is 6.42 Å². The predicted octanol–water partition coefficient (Wildman–Crippen LogP) is 2.22. The molecule has 0 saturated carbocycles. The fraction of sp³-hybridized carbons (Fsp3) is 0.562. The molecule has 6 heteroatoms. The summed E-state index contributed by atoms with van der Waals surface area (Å²) in [6, 6.07) is 5.32. The number of benzene rings is 1. The van der Waals surface area contributed by atoms with Crippen LogP contribution in [-0.4, -0.2) is 37.4 Å². The van der Waals surface area contributed by atoms with Gasteiger partial charge >= 0.3 is 6.03 Å². The van der Waals surface area contributed by atoms with E-state index in [1.165, 1.54) is 18.2 Å². The fourth-order valence-corrected chi connectivity index (χ4v) is 1.78. The molecule has 0 heterocycles. The second-order valence-electron chi connectivity index (χ2n) is 5.53. The third-order valence-corrected chi connectivity index (χ3v) is 2.89. The summed E-state index contributed by atoms with van der Waals surface area (Å²) in [5.74, 6) is 0.0861. The molecule has 0 aliphatic heterocycles. The summed E-state index contributed by atoms with van der Waals surface area (Å²) >= 11 is 0. The number of urea groups is 1. The molecule has 1 aromatic rings. The van der Waals surface area contributed by atoms with Gasteiger partial charge in [0.15, 0.2) is 0 Å². The number of aliphatic hydroxyl groups excluding tert-OH is 1. The van der Waals surface area contributed by atoms with Crippen molar-refractivity contribution in [3.05, 3.63) is 35.6 Å². The largest absolute Gasteiger partial charge is 0.387 e. The maximum Gasteiger partial charge on any atom is 0.314 e. The lowest BCUT2D eigenvalue weighted by atomic mass is 10.1. The third kappa shape index (κ3) is 7.95. The molecule has 0 bridgehead atoms. The summed E-state index contributed by atoms with van der Waals surface area (Å²) in [6.45, 7) is 6.00. The van der Waals surface area contributed by atoms with Crippen molar-refractivity contribution in [2.45, 2.75) is 26.4 Å². The van der Waals surface area contributed by atoms with Gasteiger partial charge in [0.2, 0.25) is 0 Å². The van der Waals surface area contributed by atoms with Gasteiger partial charge in [-0.25, -0.2) is 9.18 Å². The van der Waals surface area contributed by atoms with E-state index in [0.29, 0.717) is 31.2 Å². The van der Waals surface area contributed by atoms with Crippen LogP contribution in [0.15, 0.2) is 24.3 Å². The third-order valence-electron chi connectivity index (χ3n) is 2.89. The lowest BCUT2D eigenvalue weighted by Crippen LogP contribution is -2.38. The van der Waals surface area contributed by atoms with Crippen LogP contribution in [0.25, 0.3) is 0 Å². The number of amides is 2. The van der Waals surface area contributed by atoms with Crippen molar-refractivity contribution in [1.82, 2.24) is 10.6 Å². The van der Waals surface area contributed by atoms with Crippen LogP contribution >= 0.6 is 0 Å². The van der Waals surface area contributed by atoms with E-state index >= 15 is 0 Å². The Morgan fingerprint density at radius 1 is 1.36 bits per heavy atom. The van der Waals surface area contributed by atoms with Gasteiger partial charge in [0.1, 0.15) is 5.82 Å². The van der Waals surface area contributed by atoms with Crippen molar-refractivity contribution < 1.29 is 19.0 Å². The van der Waals surface area contributed by atoms with Crippen molar-refractivity contribution in [3.8, 4) is 0 Å². The van der Waals surface area contributed by atoms with Crippen molar-refractivity contribution in [2.24, 2.45) is 5.92 Å². The highest BCUT2D eigenvalue weighted by Gasteiger charge is 2.09. The van der Waals surface area contributed by atoms with Gasteiger partial charge in [-0.05, 0) is 30.0 Å². The molecule has 2 amide bonds. The maximum atomic E-state index is 13.0. The van der Waals surface area contributed by atoms with E-state index in [1.54, 1.807) is 6.07 Å². The van der Waals surface area contributed by atoms with Gasteiger partial charge < -0.3 is 20.5 Å². The SMILES string of the molecule is CC(C)COCCCNC(=O)NC[C@@H](O)c1cccc(F)c1. The summed E-state index contributed by atoms with van der Waals surface area (Å²) in [5, 5.41) is 15.1. The molecular weight excluding hydrogens is 287 g/mol. The topological polar surface area (TPSA) is 70.6 Å². The quantitative estimate of drug-likeness (QED) is 0.612. The van der Waals surface area contributed by atoms with E-state index in [9.17, 15) is 14.3 Å². The number of nitrogens with one attached hydrogen (secondary N) is 2. The molecule has 0 fully saturated rings. The molecule has 3 N–H and O–H groups in total. The van der Waals surface area contributed by atoms with Crippen LogP contribution in [-0.2, 0) is 4.74 Å². The Hall–Kier alpha value is -1.66. The highest BCUT2D eigenvalue weighted by Crippen LogP contribution is 2.12. The highest BCUT2D eigenvalue weighted by molar-refractivity contribution is 5.73. The molecule has 22 heavy (non-hydrogen) atoms. The molecular formula is C16H25FN2O3. The van der Waals surface area contributed by atoms with Gasteiger partial charge in [0.05, 0.1) is 6.10 Å². The Morgan fingerprint density at radius 2 is 2.14 bits per heavy atom. The van der Waals surface area contributed by atoms with Crippen LogP contribution in [0, 0.1) is 11.7 Å². The van der Waals surface area contributed by atoms with Crippen molar-refractivity contribution in [3.63, 3.8) is 0 Å². The Balaban J connectivity index is 2.12. The zero-order valence-corrected chi connectivity index (χ0v) is 13.1. The van der Waals surface area contributed by atoms with E-state index in [1.807, 2.05) is 0 Å². The minimum atomic E-state index is -0.934. The van der Waals surface area contributed by atoms with Crippen LogP contribution < -0.4 is 10.6 Å². The first-order chi connectivity index (χ1) is 10.5. The molecule has 0 unspecified atom stereocenters. The molecule has 0 aromatic heterocycles. The molecule has 0 aliphatic rings. The molecule has 0 spiro atoms. The molecule has 5 nitrogen and oxygen atoms in total. The number of rotatable bonds is 9. The molecule has 0 aliphatic carbocycles. The van der Waals surface area contributed by atoms with Gasteiger partial charge in [-0.15, -0.1) is 0 Å². The first-order valence-electron chi connectivity index (χ1n) is 7.52. The Morgan fingerprint density at radius 3 is 2.82 bits per heavy atom. The smallest absolute Gasteiger partial charge is 0.314 e. The lowest BCUT2D eigenvalue weighted by molar-refractivity contribution is 0.108. The normalized spacial score (nSPS) is 12.2. The molecule has 1 aromatic carbocycles. The number of carbonyl (C=O) groups excluding carboxylic acids is 1. The number of ether oxygens (including phenoxy) is 1. The van der Waals surface area contributed by atoms with Crippen molar-refractivity contribution >= 4 is 6.03 Å². The van der Waals surface area contributed by atoms with Gasteiger partial charge in [0.25, 0.3) is 0 Å². The fourth-order valence-electron chi connectivity index (χ4n) is 1.78. The summed E-state index contributed by atoms with van der Waals surface area (Å²) in [6.07, 6.45) is -0.206. The van der Waals surface area contributed by atoms with E-state index in [4.69, 9.17) is 4.74 Å². The summed E-state index contributed by atoms with van der Waals surface area (Å²) in [4.78, 5) is 11.5. The number of hydrogen-bond acceptors (Lipinski definition) is 3. The van der Waals surface area contributed by atoms with Gasteiger partial charge in [-0.1, -0.05) is 26.0 Å². The van der Waals surface area contributed by atoms with E-state index < -0.39 is 11.9 Å². The first-order valence-corrected chi connectivity index (χ1v) is 7.52. The molecule has 1 rings (SSSR count). The highest BCUT2D eigenvalue weighted by atomic mass is 19.1. The zero-order chi connectivity index (χ0) is 16.4. The van der Waals surface area contributed by atoms with Crippen LogP contribution in [0.1, 0.15) is 31.9 Å². The number of aliphatic hydroxyl groups is 1. The number of carbonyl (C=O) groups is 1. The van der Waals surface area contributed by atoms with Gasteiger partial charge in [-0.2, -0.15) is 0 Å². The predicted molar refractivity (Wildman–Crippen MR) is 83.0 cm³/mol. The summed E-state index contributed by atoms with van der Waals surface area (Å²) < 4.78 is 18.4. The maximum absolute atomic E-state index is 13.0. The van der Waals surface area contributed by atoms with Crippen LogP contribution in [0.3, 0.4) is 0 Å². The Labute approximate surface area is 130 Å². The van der Waals surface area contributed by atoms with Crippen molar-refractivity contribution in [1.29, 1.82) is 0 Å². The standard InChI is InChI=1S/C16H25FN2O3/c1-12(2)11-22-8-4-7-18-16(21)19-10-15(20)13-5-3-6-14(17)9-13/h3,5-6,9,12,15,20H,4,7-8,10-11H2,1-2H3,(H2,18,19,21)/t15-/m1/s1. The summed E-state index contributed by atoms with van der Waals surface area (Å²) in [7, 11) is 0. The summed E-state index contributed by atoms with van der Waals surface area (Å²) in [5.41, 5.74) is 0.433. The average Bonchev–Trinajstić information content (AvgIpc) is 2.48. The van der Waals surface area contributed by atoms with Crippen LogP contribution in [0.4, 0.5) is 9.18 Å². The Kier molecular flexibility index (Phi) is 8.47. The molecule has 0 saturated heterocycles. The molecule has 1 atom stereocenters. The minimum Gasteiger partial charge on any atom is -0.387 e. The van der Waals surface area contributed by atoms with Crippen molar-refractivity contribution in [2.75, 3.05) is 26.3 Å². The van der Waals surface area contributed by atoms with Crippen LogP contribution in [0.2, 0.25) is 0 Å². The van der Waals surface area contributed by atoms with Gasteiger partial charge in [-0.3, -0.25) is 0 Å². The van der Waals surface area contributed by atoms with E-state index in [-0.39, 0.29) is 12.6 Å². The van der Waals surface area contributed by atoms with Gasteiger partial charge in [0, 0.05) is 26.3 Å². The second-order valence-corrected chi connectivity index (χ2v) is 5.53. The monoisotopic (exact) mass is 312 g/mol. The average molecular weight is 312 g/mol. The number of halogens is 1. The van der Waals surface area contributed by atoms with Crippen LogP contribution in [0.5, 0.6) is 0 Å². The minimum absolute atomic E-state index is 0.0269. The second kappa shape index (κ2) is 10.1. The van der Waals surface area contributed by atoms with E-state index in [2.05, 4.69) is 24.5 Å². The molecule has 124 valence electrons. The zero-order valence-electron chi connectivity index (χ0n) is 13.1. The lowest BCUT2D eigenvalue weighted by Gasteiger charge is -2.13. The molecule has 0 radical (unpaired) electrons. The Bertz CT molecular complexity index is 455. The number of hydrogen-bond donors (Lipinski definition) is 3.